The highest BCUT2D eigenvalue weighted by Crippen LogP contribution is 2.35. The van der Waals surface area contributed by atoms with Crippen molar-refractivity contribution < 1.29 is 14.3 Å². The average Bonchev–Trinajstić information content (AvgIpc) is 2.61. The van der Waals surface area contributed by atoms with E-state index in [1.54, 1.807) is 0 Å². The van der Waals surface area contributed by atoms with Crippen LogP contribution in [-0.2, 0) is 10.2 Å². The number of rotatable bonds is 4. The fraction of sp³-hybridized carbons (Fsp3) is 0.381. The second-order valence-electron chi connectivity index (χ2n) is 7.21. The Labute approximate surface area is 149 Å². The van der Waals surface area contributed by atoms with Crippen LogP contribution in [0, 0.1) is 0 Å². The Morgan fingerprint density at radius 3 is 2.28 bits per heavy atom. The van der Waals surface area contributed by atoms with Crippen LogP contribution in [0.1, 0.15) is 44.7 Å². The molecule has 3 rings (SSSR count). The molecule has 0 fully saturated rings. The lowest BCUT2D eigenvalue weighted by Crippen LogP contribution is -2.34. The van der Waals surface area contributed by atoms with Crippen LogP contribution in [0.5, 0.6) is 11.5 Å². The van der Waals surface area contributed by atoms with Crippen LogP contribution < -0.4 is 14.8 Å². The molecule has 25 heavy (non-hydrogen) atoms. The number of carbonyl (C=O) groups is 1. The summed E-state index contributed by atoms with van der Waals surface area (Å²) in [5.74, 6) is 1.85. The molecule has 132 valence electrons. The van der Waals surface area contributed by atoms with Crippen molar-refractivity contribution in [2.45, 2.75) is 39.0 Å². The summed E-state index contributed by atoms with van der Waals surface area (Å²) in [5.41, 5.74) is 2.27. The van der Waals surface area contributed by atoms with Gasteiger partial charge in [0.2, 0.25) is 5.91 Å². The maximum absolute atomic E-state index is 12.8. The van der Waals surface area contributed by atoms with Gasteiger partial charge in [0.25, 0.3) is 0 Å². The van der Waals surface area contributed by atoms with E-state index in [2.05, 4.69) is 31.3 Å². The molecule has 4 nitrogen and oxygen atoms in total. The number of hydrogen-bond donors (Lipinski definition) is 1. The van der Waals surface area contributed by atoms with Gasteiger partial charge in [0.15, 0.2) is 11.5 Å². The summed E-state index contributed by atoms with van der Waals surface area (Å²) in [6, 6.07) is 13.7. The van der Waals surface area contributed by atoms with E-state index in [1.165, 1.54) is 5.56 Å². The summed E-state index contributed by atoms with van der Waals surface area (Å²) in [4.78, 5) is 12.8. The van der Waals surface area contributed by atoms with Crippen LogP contribution in [0.25, 0.3) is 0 Å². The molecule has 2 aromatic carbocycles. The van der Waals surface area contributed by atoms with Gasteiger partial charge < -0.3 is 14.8 Å². The van der Waals surface area contributed by atoms with Gasteiger partial charge in [-0.2, -0.15) is 0 Å². The van der Waals surface area contributed by atoms with E-state index in [9.17, 15) is 4.79 Å². The number of benzene rings is 2. The fourth-order valence-electron chi connectivity index (χ4n) is 2.80. The predicted octanol–water partition coefficient (Wildman–Crippen LogP) is 4.50. The third-order valence-electron chi connectivity index (χ3n) is 4.67. The van der Waals surface area contributed by atoms with E-state index in [-0.39, 0.29) is 5.91 Å². The van der Waals surface area contributed by atoms with Gasteiger partial charge in [-0.15, -0.1) is 0 Å². The molecule has 0 unspecified atom stereocenters. The molecule has 0 radical (unpaired) electrons. The number of carbonyl (C=O) groups excluding carboxylic acids is 1. The Kier molecular flexibility index (Phi) is 4.71. The third kappa shape index (κ3) is 3.63. The number of anilines is 1. The summed E-state index contributed by atoms with van der Waals surface area (Å²) in [6.45, 7) is 9.22. The molecule has 2 aromatic rings. The number of amides is 1. The standard InChI is InChI=1S/C21H25NO3/c1-14(2)15-5-8-17(9-6-15)22-20(23)21(3,4)16-7-10-18-19(13-16)25-12-11-24-18/h5-10,13-14H,11-12H2,1-4H3,(H,22,23). The monoisotopic (exact) mass is 339 g/mol. The molecule has 1 N–H and O–H groups in total. The second-order valence-corrected chi connectivity index (χ2v) is 7.21. The average molecular weight is 339 g/mol. The summed E-state index contributed by atoms with van der Waals surface area (Å²) >= 11 is 0. The van der Waals surface area contributed by atoms with Gasteiger partial charge in [-0.05, 0) is 55.2 Å². The lowest BCUT2D eigenvalue weighted by molar-refractivity contribution is -0.120. The summed E-state index contributed by atoms with van der Waals surface area (Å²) in [5, 5.41) is 3.02. The molecule has 0 spiro atoms. The summed E-state index contributed by atoms with van der Waals surface area (Å²) < 4.78 is 11.2. The van der Waals surface area contributed by atoms with Gasteiger partial charge in [-0.3, -0.25) is 4.79 Å². The van der Waals surface area contributed by atoms with Gasteiger partial charge >= 0.3 is 0 Å². The van der Waals surface area contributed by atoms with Crippen molar-refractivity contribution in [3.63, 3.8) is 0 Å². The highest BCUT2D eigenvalue weighted by Gasteiger charge is 2.31. The maximum Gasteiger partial charge on any atom is 0.234 e. The van der Waals surface area contributed by atoms with Crippen molar-refractivity contribution >= 4 is 11.6 Å². The Balaban J connectivity index is 1.78. The van der Waals surface area contributed by atoms with Crippen LogP contribution in [0.3, 0.4) is 0 Å². The molecule has 0 aromatic heterocycles. The largest absolute Gasteiger partial charge is 0.486 e. The van der Waals surface area contributed by atoms with Crippen molar-refractivity contribution in [1.29, 1.82) is 0 Å². The van der Waals surface area contributed by atoms with Crippen LogP contribution in [-0.4, -0.2) is 19.1 Å². The zero-order valence-corrected chi connectivity index (χ0v) is 15.3. The van der Waals surface area contributed by atoms with Crippen molar-refractivity contribution in [1.82, 2.24) is 0 Å². The van der Waals surface area contributed by atoms with Crippen LogP contribution >= 0.6 is 0 Å². The lowest BCUT2D eigenvalue weighted by atomic mass is 9.83. The molecule has 1 heterocycles. The van der Waals surface area contributed by atoms with E-state index in [0.29, 0.717) is 24.9 Å². The van der Waals surface area contributed by atoms with Crippen LogP contribution in [0.15, 0.2) is 42.5 Å². The quantitative estimate of drug-likeness (QED) is 0.892. The molecule has 1 aliphatic heterocycles. The summed E-state index contributed by atoms with van der Waals surface area (Å²) in [7, 11) is 0. The molecule has 1 aliphatic rings. The van der Waals surface area contributed by atoms with E-state index in [4.69, 9.17) is 9.47 Å². The van der Waals surface area contributed by atoms with Crippen molar-refractivity contribution in [2.75, 3.05) is 18.5 Å². The van der Waals surface area contributed by atoms with E-state index >= 15 is 0 Å². The van der Waals surface area contributed by atoms with Crippen LogP contribution in [0.4, 0.5) is 5.69 Å². The van der Waals surface area contributed by atoms with Gasteiger partial charge in [0, 0.05) is 5.69 Å². The van der Waals surface area contributed by atoms with E-state index in [1.807, 2.05) is 44.2 Å². The number of ether oxygens (including phenoxy) is 2. The first-order valence-corrected chi connectivity index (χ1v) is 8.69. The highest BCUT2D eigenvalue weighted by atomic mass is 16.6. The minimum absolute atomic E-state index is 0.0542. The number of hydrogen-bond acceptors (Lipinski definition) is 3. The zero-order chi connectivity index (χ0) is 18.0. The number of nitrogens with one attached hydrogen (secondary N) is 1. The van der Waals surface area contributed by atoms with Gasteiger partial charge in [0.05, 0.1) is 5.41 Å². The van der Waals surface area contributed by atoms with Gasteiger partial charge in [-0.25, -0.2) is 0 Å². The van der Waals surface area contributed by atoms with E-state index < -0.39 is 5.41 Å². The lowest BCUT2D eigenvalue weighted by Gasteiger charge is -2.26. The van der Waals surface area contributed by atoms with Crippen LogP contribution in [0.2, 0.25) is 0 Å². The Morgan fingerprint density at radius 2 is 1.64 bits per heavy atom. The Bertz CT molecular complexity index is 763. The van der Waals surface area contributed by atoms with Crippen molar-refractivity contribution in [3.8, 4) is 11.5 Å². The first-order valence-electron chi connectivity index (χ1n) is 8.69. The Hall–Kier alpha value is -2.49. The minimum Gasteiger partial charge on any atom is -0.486 e. The second kappa shape index (κ2) is 6.79. The predicted molar refractivity (Wildman–Crippen MR) is 99.6 cm³/mol. The smallest absolute Gasteiger partial charge is 0.234 e. The topological polar surface area (TPSA) is 47.6 Å². The highest BCUT2D eigenvalue weighted by molar-refractivity contribution is 5.98. The summed E-state index contributed by atoms with van der Waals surface area (Å²) in [6.07, 6.45) is 0. The minimum atomic E-state index is -0.688. The zero-order valence-electron chi connectivity index (χ0n) is 15.3. The van der Waals surface area contributed by atoms with E-state index in [0.717, 1.165) is 17.0 Å². The van der Waals surface area contributed by atoms with Crippen molar-refractivity contribution in [3.05, 3.63) is 53.6 Å². The normalized spacial score (nSPS) is 13.6. The third-order valence-corrected chi connectivity index (χ3v) is 4.67. The molecule has 4 heteroatoms. The van der Waals surface area contributed by atoms with Gasteiger partial charge in [-0.1, -0.05) is 32.0 Å². The fourth-order valence-corrected chi connectivity index (χ4v) is 2.80. The first kappa shape index (κ1) is 17.3. The maximum atomic E-state index is 12.8. The molecule has 0 aliphatic carbocycles. The molecule has 0 saturated carbocycles. The Morgan fingerprint density at radius 1 is 1.00 bits per heavy atom. The molecule has 0 saturated heterocycles. The first-order chi connectivity index (χ1) is 11.9. The van der Waals surface area contributed by atoms with Gasteiger partial charge in [0.1, 0.15) is 13.2 Å². The molecule has 0 atom stereocenters. The molecular weight excluding hydrogens is 314 g/mol. The molecular formula is C21H25NO3. The molecule has 1 amide bonds. The van der Waals surface area contributed by atoms with Crippen molar-refractivity contribution in [2.24, 2.45) is 0 Å². The SMILES string of the molecule is CC(C)c1ccc(NC(=O)C(C)(C)c2ccc3c(c2)OCCO3)cc1. The molecule has 0 bridgehead atoms. The number of fused-ring (bicyclic) bond motifs is 1.